The van der Waals surface area contributed by atoms with Crippen LogP contribution in [0.5, 0.6) is 0 Å². The number of oxazole rings is 1. The first-order valence-electron chi connectivity index (χ1n) is 9.59. The van der Waals surface area contributed by atoms with Gasteiger partial charge in [0.2, 0.25) is 5.89 Å². The number of aliphatic hydroxyl groups is 1. The third kappa shape index (κ3) is 3.95. The predicted octanol–water partition coefficient (Wildman–Crippen LogP) is 3.68. The van der Waals surface area contributed by atoms with E-state index in [1.165, 1.54) is 12.1 Å². The van der Waals surface area contributed by atoms with Crippen molar-refractivity contribution in [1.29, 1.82) is 0 Å². The van der Waals surface area contributed by atoms with Crippen LogP contribution in [0.15, 0.2) is 59.4 Å². The van der Waals surface area contributed by atoms with Crippen LogP contribution < -0.4 is 5.73 Å². The Bertz CT molecular complexity index is 1180. The molecule has 154 valence electrons. The highest BCUT2D eigenvalue weighted by Gasteiger charge is 2.22. The molecule has 2 atom stereocenters. The number of aromatic nitrogens is 3. The highest BCUT2D eigenvalue weighted by molar-refractivity contribution is 5.90. The third-order valence-electron chi connectivity index (χ3n) is 4.97. The molecule has 30 heavy (non-hydrogen) atoms. The zero-order valence-electron chi connectivity index (χ0n) is 16.3. The fraction of sp³-hybridized carbons (Fsp3) is 0.227. The number of amides is 1. The van der Waals surface area contributed by atoms with Gasteiger partial charge >= 0.3 is 0 Å². The Morgan fingerprint density at radius 1 is 1.23 bits per heavy atom. The Labute approximate surface area is 172 Å². The number of fused-ring (bicyclic) bond motifs is 1. The molecule has 3 N–H and O–H groups in total. The van der Waals surface area contributed by atoms with Crippen LogP contribution in [-0.4, -0.2) is 31.7 Å². The van der Waals surface area contributed by atoms with Gasteiger partial charge in [0.05, 0.1) is 18.5 Å². The summed E-state index contributed by atoms with van der Waals surface area (Å²) < 4.78 is 21.0. The summed E-state index contributed by atoms with van der Waals surface area (Å²) in [5, 5.41) is 9.81. The smallest absolute Gasteiger partial charge is 0.268 e. The van der Waals surface area contributed by atoms with Gasteiger partial charge in [-0.1, -0.05) is 12.1 Å². The normalized spacial score (nSPS) is 13.4. The van der Waals surface area contributed by atoms with Gasteiger partial charge in [-0.2, -0.15) is 0 Å². The van der Waals surface area contributed by atoms with Crippen LogP contribution in [0.25, 0.3) is 22.6 Å². The first-order valence-corrected chi connectivity index (χ1v) is 9.59. The predicted molar refractivity (Wildman–Crippen MR) is 109 cm³/mol. The first kappa shape index (κ1) is 19.8. The van der Waals surface area contributed by atoms with E-state index in [2.05, 4.69) is 9.97 Å². The first-order chi connectivity index (χ1) is 14.4. The molecule has 2 aromatic heterocycles. The lowest BCUT2D eigenvalue weighted by Crippen LogP contribution is -2.14. The van der Waals surface area contributed by atoms with Gasteiger partial charge in [-0.25, -0.2) is 14.4 Å². The van der Waals surface area contributed by atoms with E-state index in [0.717, 1.165) is 5.56 Å². The van der Waals surface area contributed by atoms with Crippen molar-refractivity contribution in [2.45, 2.75) is 31.9 Å². The van der Waals surface area contributed by atoms with E-state index in [4.69, 9.17) is 10.2 Å². The fourth-order valence-electron chi connectivity index (χ4n) is 3.45. The second kappa shape index (κ2) is 8.08. The number of para-hydroxylation sites is 1. The van der Waals surface area contributed by atoms with E-state index in [0.29, 0.717) is 35.4 Å². The number of halogens is 1. The molecular weight excluding hydrogens is 387 g/mol. The zero-order chi connectivity index (χ0) is 21.3. The van der Waals surface area contributed by atoms with Gasteiger partial charge < -0.3 is 19.8 Å². The lowest BCUT2D eigenvalue weighted by molar-refractivity contribution is 0.0996. The Hall–Kier alpha value is -3.52. The molecule has 1 unspecified atom stereocenters. The number of primary amides is 1. The van der Waals surface area contributed by atoms with Crippen molar-refractivity contribution in [2.24, 2.45) is 5.73 Å². The molecule has 0 aliphatic carbocycles. The Morgan fingerprint density at radius 2 is 2.00 bits per heavy atom. The molecule has 8 heteroatoms. The Morgan fingerprint density at radius 3 is 2.67 bits per heavy atom. The minimum absolute atomic E-state index is 0.163. The van der Waals surface area contributed by atoms with E-state index in [1.54, 1.807) is 36.1 Å². The summed E-state index contributed by atoms with van der Waals surface area (Å²) in [5.74, 6) is -0.560. The topological polar surface area (TPSA) is 107 Å². The summed E-state index contributed by atoms with van der Waals surface area (Å²) in [4.78, 5) is 20.2. The van der Waals surface area contributed by atoms with Gasteiger partial charge in [0.15, 0.2) is 5.58 Å². The lowest BCUT2D eigenvalue weighted by Gasteiger charge is -2.20. The minimum atomic E-state index is -0.610. The highest BCUT2D eigenvalue weighted by Crippen LogP contribution is 2.33. The molecular formula is C22H21FN4O3. The fourth-order valence-corrected chi connectivity index (χ4v) is 3.45. The highest BCUT2D eigenvalue weighted by atomic mass is 19.1. The molecule has 0 saturated carbocycles. The van der Waals surface area contributed by atoms with Crippen LogP contribution in [0.4, 0.5) is 4.39 Å². The number of imidazole rings is 1. The molecule has 4 aromatic rings. The van der Waals surface area contributed by atoms with Crippen LogP contribution in [0.1, 0.15) is 41.9 Å². The number of aliphatic hydroxyl groups excluding tert-OH is 1. The van der Waals surface area contributed by atoms with E-state index in [9.17, 15) is 14.3 Å². The average Bonchev–Trinajstić information content (AvgIpc) is 3.36. The van der Waals surface area contributed by atoms with Crippen LogP contribution in [0.2, 0.25) is 0 Å². The maximum Gasteiger partial charge on any atom is 0.268 e. The number of carbonyl (C=O) groups excluding carboxylic acids is 1. The standard InChI is InChI=1S/C22H21FN4O3/c1-13(28)5-10-18(27-11-17(21(24)29)25-12-27)16-3-2-4-19-20(16)26-22(30-19)14-6-8-15(23)9-7-14/h2-4,6-9,11-13,18,28H,5,10H2,1H3,(H2,24,29)/t13-,18?/m0/s1. The largest absolute Gasteiger partial charge is 0.436 e. The summed E-state index contributed by atoms with van der Waals surface area (Å²) >= 11 is 0. The molecule has 0 fully saturated rings. The van der Waals surface area contributed by atoms with Gasteiger partial charge in [-0.3, -0.25) is 4.79 Å². The quantitative estimate of drug-likeness (QED) is 0.485. The SMILES string of the molecule is C[C@H](O)CCC(c1cccc2oc(-c3ccc(F)cc3)nc12)n1cnc(C(N)=O)c1. The third-order valence-corrected chi connectivity index (χ3v) is 4.97. The van der Waals surface area contributed by atoms with Crippen LogP contribution in [0.3, 0.4) is 0 Å². The van der Waals surface area contributed by atoms with Gasteiger partial charge in [-0.05, 0) is 50.1 Å². The Balaban J connectivity index is 1.79. The van der Waals surface area contributed by atoms with Crippen LogP contribution in [-0.2, 0) is 0 Å². The van der Waals surface area contributed by atoms with Crippen molar-refractivity contribution in [1.82, 2.24) is 14.5 Å². The number of carbonyl (C=O) groups is 1. The number of nitrogens with two attached hydrogens (primary N) is 1. The van der Waals surface area contributed by atoms with Crippen molar-refractivity contribution in [3.8, 4) is 11.5 Å². The minimum Gasteiger partial charge on any atom is -0.436 e. The van der Waals surface area contributed by atoms with Crippen molar-refractivity contribution in [3.63, 3.8) is 0 Å². The van der Waals surface area contributed by atoms with Crippen molar-refractivity contribution in [3.05, 3.63) is 72.1 Å². The molecule has 0 aliphatic rings. The Kier molecular flexibility index (Phi) is 5.33. The molecule has 4 rings (SSSR count). The molecule has 1 amide bonds. The number of benzene rings is 2. The lowest BCUT2D eigenvalue weighted by atomic mass is 9.99. The molecule has 0 bridgehead atoms. The van der Waals surface area contributed by atoms with E-state index in [1.807, 2.05) is 18.2 Å². The molecule has 2 heterocycles. The molecule has 0 radical (unpaired) electrons. The molecule has 0 aliphatic heterocycles. The van der Waals surface area contributed by atoms with E-state index in [-0.39, 0.29) is 17.6 Å². The van der Waals surface area contributed by atoms with Crippen molar-refractivity contribution >= 4 is 17.0 Å². The number of hydrogen-bond acceptors (Lipinski definition) is 5. The molecule has 0 saturated heterocycles. The maximum atomic E-state index is 13.3. The van der Waals surface area contributed by atoms with Crippen molar-refractivity contribution in [2.75, 3.05) is 0 Å². The molecule has 7 nitrogen and oxygen atoms in total. The van der Waals surface area contributed by atoms with Gasteiger partial charge in [0, 0.05) is 17.3 Å². The molecule has 2 aromatic carbocycles. The van der Waals surface area contributed by atoms with E-state index < -0.39 is 12.0 Å². The summed E-state index contributed by atoms with van der Waals surface area (Å²) in [6.07, 6.45) is 3.78. The average molecular weight is 408 g/mol. The van der Waals surface area contributed by atoms with Crippen LogP contribution >= 0.6 is 0 Å². The van der Waals surface area contributed by atoms with Gasteiger partial charge in [0.1, 0.15) is 17.0 Å². The second-order valence-corrected chi connectivity index (χ2v) is 7.23. The zero-order valence-corrected chi connectivity index (χ0v) is 16.3. The summed E-state index contributed by atoms with van der Waals surface area (Å²) in [6.45, 7) is 1.73. The summed E-state index contributed by atoms with van der Waals surface area (Å²) in [7, 11) is 0. The molecule has 0 spiro atoms. The number of rotatable bonds is 7. The summed E-state index contributed by atoms with van der Waals surface area (Å²) in [5.41, 5.74) is 8.28. The van der Waals surface area contributed by atoms with Crippen molar-refractivity contribution < 1.29 is 18.7 Å². The monoisotopic (exact) mass is 408 g/mol. The van der Waals surface area contributed by atoms with Gasteiger partial charge in [0.25, 0.3) is 5.91 Å². The summed E-state index contributed by atoms with van der Waals surface area (Å²) in [6, 6.07) is 11.3. The van der Waals surface area contributed by atoms with Gasteiger partial charge in [-0.15, -0.1) is 0 Å². The maximum absolute atomic E-state index is 13.3. The number of nitrogens with zero attached hydrogens (tertiary/aromatic N) is 3. The van der Waals surface area contributed by atoms with Crippen LogP contribution in [0, 0.1) is 5.82 Å². The number of hydrogen-bond donors (Lipinski definition) is 2. The second-order valence-electron chi connectivity index (χ2n) is 7.23. The van der Waals surface area contributed by atoms with E-state index >= 15 is 0 Å².